The number of carbonyl (C=O) groups excluding carboxylic acids is 1. The lowest BCUT2D eigenvalue weighted by molar-refractivity contribution is -0.121. The Bertz CT molecular complexity index is 126. The molecule has 12 heavy (non-hydrogen) atoms. The SMILES string of the molecule is CCCCC(=O)NCC(O)CC. The third-order valence-corrected chi connectivity index (χ3v) is 1.76. The third-order valence-electron chi connectivity index (χ3n) is 1.76. The van der Waals surface area contributed by atoms with Crippen LogP contribution >= 0.6 is 0 Å². The normalized spacial score (nSPS) is 12.6. The molecule has 0 aliphatic heterocycles. The van der Waals surface area contributed by atoms with Crippen molar-refractivity contribution in [2.24, 2.45) is 0 Å². The highest BCUT2D eigenvalue weighted by Crippen LogP contribution is 1.93. The zero-order valence-corrected chi connectivity index (χ0v) is 7.97. The van der Waals surface area contributed by atoms with Crippen LogP contribution in [0.1, 0.15) is 39.5 Å². The molecule has 0 saturated heterocycles. The Kier molecular flexibility index (Phi) is 6.76. The fourth-order valence-electron chi connectivity index (χ4n) is 0.802. The van der Waals surface area contributed by atoms with Gasteiger partial charge in [0.25, 0.3) is 0 Å². The first-order chi connectivity index (χ1) is 5.70. The summed E-state index contributed by atoms with van der Waals surface area (Å²) in [6, 6.07) is 0. The summed E-state index contributed by atoms with van der Waals surface area (Å²) in [7, 11) is 0. The third kappa shape index (κ3) is 6.16. The summed E-state index contributed by atoms with van der Waals surface area (Å²) in [5.41, 5.74) is 0. The van der Waals surface area contributed by atoms with Crippen molar-refractivity contribution in [2.45, 2.75) is 45.6 Å². The standard InChI is InChI=1S/C9H19NO2/c1-3-5-6-9(12)10-7-8(11)4-2/h8,11H,3-7H2,1-2H3,(H,10,12). The predicted molar refractivity (Wildman–Crippen MR) is 48.8 cm³/mol. The molecule has 0 spiro atoms. The Labute approximate surface area is 74.2 Å². The summed E-state index contributed by atoms with van der Waals surface area (Å²) in [5, 5.41) is 11.8. The Balaban J connectivity index is 3.31. The number of hydrogen-bond acceptors (Lipinski definition) is 2. The highest BCUT2D eigenvalue weighted by molar-refractivity contribution is 5.75. The molecule has 0 aliphatic carbocycles. The zero-order valence-electron chi connectivity index (χ0n) is 7.97. The van der Waals surface area contributed by atoms with Gasteiger partial charge in [0.1, 0.15) is 0 Å². The lowest BCUT2D eigenvalue weighted by Gasteiger charge is -2.08. The van der Waals surface area contributed by atoms with Crippen molar-refractivity contribution in [3.05, 3.63) is 0 Å². The van der Waals surface area contributed by atoms with Crippen molar-refractivity contribution in [1.82, 2.24) is 5.32 Å². The number of aliphatic hydroxyl groups is 1. The average Bonchev–Trinajstić information content (AvgIpc) is 2.10. The van der Waals surface area contributed by atoms with Gasteiger partial charge in [-0.25, -0.2) is 0 Å². The van der Waals surface area contributed by atoms with Crippen LogP contribution in [0.5, 0.6) is 0 Å². The molecule has 0 radical (unpaired) electrons. The minimum Gasteiger partial charge on any atom is -0.391 e. The second kappa shape index (κ2) is 7.10. The van der Waals surface area contributed by atoms with Crippen LogP contribution < -0.4 is 5.32 Å². The maximum absolute atomic E-state index is 11.0. The molecule has 0 rings (SSSR count). The van der Waals surface area contributed by atoms with Gasteiger partial charge in [-0.1, -0.05) is 20.3 Å². The topological polar surface area (TPSA) is 49.3 Å². The second-order valence-corrected chi connectivity index (χ2v) is 2.97. The summed E-state index contributed by atoms with van der Waals surface area (Å²) >= 11 is 0. The molecular formula is C9H19NO2. The first-order valence-corrected chi connectivity index (χ1v) is 4.65. The van der Waals surface area contributed by atoms with Gasteiger partial charge >= 0.3 is 0 Å². The van der Waals surface area contributed by atoms with Crippen molar-refractivity contribution in [3.63, 3.8) is 0 Å². The molecule has 0 aromatic carbocycles. The van der Waals surface area contributed by atoms with Crippen LogP contribution in [0.15, 0.2) is 0 Å². The quantitative estimate of drug-likeness (QED) is 0.631. The minimum atomic E-state index is -0.393. The number of aliphatic hydroxyl groups excluding tert-OH is 1. The number of rotatable bonds is 6. The molecule has 3 nitrogen and oxygen atoms in total. The summed E-state index contributed by atoms with van der Waals surface area (Å²) in [6.45, 7) is 4.33. The summed E-state index contributed by atoms with van der Waals surface area (Å²) in [4.78, 5) is 11.0. The van der Waals surface area contributed by atoms with Gasteiger partial charge in [-0.2, -0.15) is 0 Å². The second-order valence-electron chi connectivity index (χ2n) is 2.97. The number of amides is 1. The van der Waals surface area contributed by atoms with Crippen LogP contribution in [-0.2, 0) is 4.79 Å². The molecule has 0 heterocycles. The lowest BCUT2D eigenvalue weighted by atomic mass is 10.2. The predicted octanol–water partition coefficient (Wildman–Crippen LogP) is 1.06. The van der Waals surface area contributed by atoms with Crippen LogP contribution in [0.3, 0.4) is 0 Å². The van der Waals surface area contributed by atoms with E-state index in [1.807, 2.05) is 13.8 Å². The molecular weight excluding hydrogens is 154 g/mol. The summed E-state index contributed by atoms with van der Waals surface area (Å²) in [5.74, 6) is 0.0457. The van der Waals surface area contributed by atoms with Crippen molar-refractivity contribution in [3.8, 4) is 0 Å². The van der Waals surface area contributed by atoms with E-state index in [1.54, 1.807) is 0 Å². The molecule has 0 aliphatic rings. The molecule has 0 bridgehead atoms. The Morgan fingerprint density at radius 3 is 2.67 bits per heavy atom. The number of hydrogen-bond donors (Lipinski definition) is 2. The Hall–Kier alpha value is -0.570. The van der Waals surface area contributed by atoms with E-state index in [0.717, 1.165) is 12.8 Å². The van der Waals surface area contributed by atoms with E-state index in [9.17, 15) is 4.79 Å². The van der Waals surface area contributed by atoms with Crippen LogP contribution in [0.2, 0.25) is 0 Å². The monoisotopic (exact) mass is 173 g/mol. The van der Waals surface area contributed by atoms with Crippen LogP contribution in [-0.4, -0.2) is 23.7 Å². The van der Waals surface area contributed by atoms with E-state index in [2.05, 4.69) is 5.32 Å². The fraction of sp³-hybridized carbons (Fsp3) is 0.889. The molecule has 0 saturated carbocycles. The van der Waals surface area contributed by atoms with Gasteiger partial charge in [-0.15, -0.1) is 0 Å². The molecule has 0 aromatic heterocycles. The van der Waals surface area contributed by atoms with E-state index >= 15 is 0 Å². The van der Waals surface area contributed by atoms with E-state index in [4.69, 9.17) is 5.11 Å². The molecule has 1 atom stereocenters. The average molecular weight is 173 g/mol. The van der Waals surface area contributed by atoms with Crippen molar-refractivity contribution in [1.29, 1.82) is 0 Å². The van der Waals surface area contributed by atoms with Gasteiger partial charge < -0.3 is 10.4 Å². The fourth-order valence-corrected chi connectivity index (χ4v) is 0.802. The van der Waals surface area contributed by atoms with E-state index < -0.39 is 6.10 Å². The van der Waals surface area contributed by atoms with Crippen molar-refractivity contribution >= 4 is 5.91 Å². The van der Waals surface area contributed by atoms with Gasteiger partial charge in [0.05, 0.1) is 6.10 Å². The van der Waals surface area contributed by atoms with E-state index in [0.29, 0.717) is 19.4 Å². The Morgan fingerprint density at radius 2 is 2.17 bits per heavy atom. The van der Waals surface area contributed by atoms with E-state index in [1.165, 1.54) is 0 Å². The Morgan fingerprint density at radius 1 is 1.50 bits per heavy atom. The molecule has 1 amide bonds. The first-order valence-electron chi connectivity index (χ1n) is 4.65. The number of nitrogens with one attached hydrogen (secondary N) is 1. The van der Waals surface area contributed by atoms with Gasteiger partial charge in [-0.05, 0) is 12.8 Å². The van der Waals surface area contributed by atoms with Crippen molar-refractivity contribution in [2.75, 3.05) is 6.54 Å². The number of unbranched alkanes of at least 4 members (excludes halogenated alkanes) is 1. The van der Waals surface area contributed by atoms with Crippen LogP contribution in [0.25, 0.3) is 0 Å². The summed E-state index contributed by atoms with van der Waals surface area (Å²) in [6.07, 6.45) is 2.83. The first kappa shape index (κ1) is 11.4. The molecule has 1 unspecified atom stereocenters. The maximum Gasteiger partial charge on any atom is 0.220 e. The van der Waals surface area contributed by atoms with Gasteiger partial charge in [-0.3, -0.25) is 4.79 Å². The van der Waals surface area contributed by atoms with Crippen LogP contribution in [0, 0.1) is 0 Å². The molecule has 72 valence electrons. The highest BCUT2D eigenvalue weighted by Gasteiger charge is 2.03. The van der Waals surface area contributed by atoms with E-state index in [-0.39, 0.29) is 5.91 Å². The van der Waals surface area contributed by atoms with Gasteiger partial charge in [0.15, 0.2) is 0 Å². The molecule has 0 aromatic rings. The smallest absolute Gasteiger partial charge is 0.220 e. The summed E-state index contributed by atoms with van der Waals surface area (Å²) < 4.78 is 0. The molecule has 0 fully saturated rings. The van der Waals surface area contributed by atoms with Gasteiger partial charge in [0.2, 0.25) is 5.91 Å². The maximum atomic E-state index is 11.0. The zero-order chi connectivity index (χ0) is 9.40. The highest BCUT2D eigenvalue weighted by atomic mass is 16.3. The lowest BCUT2D eigenvalue weighted by Crippen LogP contribution is -2.31. The van der Waals surface area contributed by atoms with Gasteiger partial charge in [0, 0.05) is 13.0 Å². The number of carbonyl (C=O) groups is 1. The van der Waals surface area contributed by atoms with Crippen molar-refractivity contribution < 1.29 is 9.90 Å². The largest absolute Gasteiger partial charge is 0.391 e. The minimum absolute atomic E-state index is 0.0457. The molecule has 3 heteroatoms. The van der Waals surface area contributed by atoms with Crippen LogP contribution in [0.4, 0.5) is 0 Å². The molecule has 2 N–H and O–H groups in total.